The van der Waals surface area contributed by atoms with Gasteiger partial charge in [-0.3, -0.25) is 10.2 Å². The molecule has 1 aliphatic heterocycles. The molecule has 0 amide bonds. The lowest BCUT2D eigenvalue weighted by atomic mass is 9.97. The van der Waals surface area contributed by atoms with E-state index in [0.29, 0.717) is 6.61 Å². The molecule has 4 rings (SSSR count). The molecule has 0 aromatic heterocycles. The fourth-order valence-electron chi connectivity index (χ4n) is 4.67. The number of aliphatic hydroxyl groups is 1. The van der Waals surface area contributed by atoms with Crippen molar-refractivity contribution in [3.8, 4) is 0 Å². The zero-order chi connectivity index (χ0) is 24.0. The van der Waals surface area contributed by atoms with Gasteiger partial charge in [-0.1, -0.05) is 54.6 Å². The van der Waals surface area contributed by atoms with Crippen LogP contribution in [0.5, 0.6) is 0 Å². The first-order chi connectivity index (χ1) is 16.5. The summed E-state index contributed by atoms with van der Waals surface area (Å²) < 4.78 is 5.92. The van der Waals surface area contributed by atoms with Crippen LogP contribution in [0.3, 0.4) is 0 Å². The summed E-state index contributed by atoms with van der Waals surface area (Å²) in [7, 11) is 1.76. The molecule has 2 unspecified atom stereocenters. The van der Waals surface area contributed by atoms with Crippen molar-refractivity contribution in [3.63, 3.8) is 0 Å². The number of aliphatic hydroxyl groups excluding tert-OH is 1. The summed E-state index contributed by atoms with van der Waals surface area (Å²) in [5.74, 6) is 0. The lowest BCUT2D eigenvalue weighted by Gasteiger charge is -2.36. The average molecular weight is 460 g/mol. The Kier molecular flexibility index (Phi) is 8.01. The minimum Gasteiger partial charge on any atom is -0.374 e. The molecule has 5 heteroatoms. The monoisotopic (exact) mass is 459 g/mol. The molecule has 34 heavy (non-hydrogen) atoms. The lowest BCUT2D eigenvalue weighted by Crippen LogP contribution is -2.46. The van der Waals surface area contributed by atoms with Crippen molar-refractivity contribution in [2.75, 3.05) is 44.7 Å². The van der Waals surface area contributed by atoms with E-state index in [1.807, 2.05) is 19.1 Å². The van der Waals surface area contributed by atoms with Crippen LogP contribution in [0.4, 0.5) is 5.69 Å². The number of nitrogens with one attached hydrogen (secondary N) is 1. The van der Waals surface area contributed by atoms with Crippen LogP contribution in [0.15, 0.2) is 78.9 Å². The molecule has 2 atom stereocenters. The Bertz CT molecular complexity index is 1040. The first kappa shape index (κ1) is 24.4. The van der Waals surface area contributed by atoms with Crippen LogP contribution in [0.1, 0.15) is 36.8 Å². The van der Waals surface area contributed by atoms with E-state index in [1.165, 1.54) is 22.4 Å². The second-order valence-electron chi connectivity index (χ2n) is 9.13. The number of nitrogens with zero attached hydrogens (tertiary/aromatic N) is 2. The van der Waals surface area contributed by atoms with E-state index in [2.05, 4.69) is 88.8 Å². The topological polar surface area (TPSA) is 48.0 Å². The van der Waals surface area contributed by atoms with Gasteiger partial charge in [-0.15, -0.1) is 0 Å². The van der Waals surface area contributed by atoms with E-state index in [1.54, 1.807) is 7.05 Å². The Labute approximate surface area is 204 Å². The highest BCUT2D eigenvalue weighted by Gasteiger charge is 2.21. The minimum atomic E-state index is -0.618. The lowest BCUT2D eigenvalue weighted by molar-refractivity contribution is 0.0511. The maximum Gasteiger partial charge on any atom is 0.130 e. The fourth-order valence-corrected chi connectivity index (χ4v) is 4.67. The molecule has 0 radical (unpaired) electrons. The molecule has 2 aliphatic rings. The second-order valence-corrected chi connectivity index (χ2v) is 9.13. The van der Waals surface area contributed by atoms with Crippen LogP contribution in [-0.2, 0) is 11.3 Å². The first-order valence-corrected chi connectivity index (χ1v) is 12.2. The third-order valence-corrected chi connectivity index (χ3v) is 6.69. The maximum absolute atomic E-state index is 9.94. The highest BCUT2D eigenvalue weighted by Crippen LogP contribution is 2.28. The molecular weight excluding hydrogens is 422 g/mol. The maximum atomic E-state index is 9.94. The quantitative estimate of drug-likeness (QED) is 0.569. The van der Waals surface area contributed by atoms with Crippen LogP contribution < -0.4 is 10.2 Å². The molecule has 0 bridgehead atoms. The Balaban J connectivity index is 1.40. The Hall–Kier alpha value is -2.70. The number of rotatable bonds is 8. The largest absolute Gasteiger partial charge is 0.374 e. The van der Waals surface area contributed by atoms with Gasteiger partial charge in [0.1, 0.15) is 11.8 Å². The number of ether oxygens (including phenoxy) is 1. The molecule has 1 heterocycles. The number of piperazine rings is 1. The molecule has 180 valence electrons. The van der Waals surface area contributed by atoms with Crippen LogP contribution in [0, 0.1) is 0 Å². The van der Waals surface area contributed by atoms with Crippen LogP contribution >= 0.6 is 0 Å². The van der Waals surface area contributed by atoms with Crippen molar-refractivity contribution in [2.24, 2.45) is 0 Å². The van der Waals surface area contributed by atoms with Crippen molar-refractivity contribution in [1.29, 1.82) is 0 Å². The first-order valence-electron chi connectivity index (χ1n) is 12.2. The predicted octanol–water partition coefficient (Wildman–Crippen LogP) is 4.52. The van der Waals surface area contributed by atoms with Crippen molar-refractivity contribution >= 4 is 11.3 Å². The molecule has 2 N–H and O–H groups in total. The van der Waals surface area contributed by atoms with Gasteiger partial charge < -0.3 is 14.7 Å². The summed E-state index contributed by atoms with van der Waals surface area (Å²) >= 11 is 0. The van der Waals surface area contributed by atoms with Gasteiger partial charge in [0.25, 0.3) is 0 Å². The highest BCUT2D eigenvalue weighted by molar-refractivity contribution is 5.78. The Morgan fingerprint density at radius 1 is 1.03 bits per heavy atom. The Morgan fingerprint density at radius 3 is 2.47 bits per heavy atom. The van der Waals surface area contributed by atoms with Crippen molar-refractivity contribution < 1.29 is 9.84 Å². The van der Waals surface area contributed by atoms with Crippen LogP contribution in [-0.4, -0.2) is 55.4 Å². The Morgan fingerprint density at radius 2 is 1.76 bits per heavy atom. The van der Waals surface area contributed by atoms with E-state index in [9.17, 15) is 5.11 Å². The van der Waals surface area contributed by atoms with E-state index < -0.39 is 6.23 Å². The van der Waals surface area contributed by atoms with Gasteiger partial charge in [0, 0.05) is 45.0 Å². The number of benzene rings is 2. The summed E-state index contributed by atoms with van der Waals surface area (Å²) in [6.07, 6.45) is 10.2. The van der Waals surface area contributed by atoms with Gasteiger partial charge >= 0.3 is 0 Å². The molecule has 0 spiro atoms. The van der Waals surface area contributed by atoms with Gasteiger partial charge in [0.2, 0.25) is 0 Å². The molecule has 1 fully saturated rings. The third-order valence-electron chi connectivity index (χ3n) is 6.69. The highest BCUT2D eigenvalue weighted by atomic mass is 16.5. The van der Waals surface area contributed by atoms with E-state index in [4.69, 9.17) is 4.74 Å². The van der Waals surface area contributed by atoms with Gasteiger partial charge in [-0.05, 0) is 67.4 Å². The molecule has 2 aromatic rings. The molecule has 1 aliphatic carbocycles. The van der Waals surface area contributed by atoms with Gasteiger partial charge in [-0.25, -0.2) is 0 Å². The SMILES string of the molecule is CCOC1(C)C=CC=C(c2ccccc2CN2CCN(c3ccc(C(O)NC)cc3)CC2)C=C1. The smallest absolute Gasteiger partial charge is 0.130 e. The van der Waals surface area contributed by atoms with Crippen LogP contribution in [0.2, 0.25) is 0 Å². The number of hydrogen-bond donors (Lipinski definition) is 2. The number of allylic oxidation sites excluding steroid dienone is 4. The molecule has 0 saturated carbocycles. The molecular formula is C29H37N3O2. The molecule has 1 saturated heterocycles. The summed E-state index contributed by atoms with van der Waals surface area (Å²) in [5, 5.41) is 12.8. The number of anilines is 1. The van der Waals surface area contributed by atoms with Crippen molar-refractivity contribution in [2.45, 2.75) is 32.2 Å². The fraction of sp³-hybridized carbons (Fsp3) is 0.379. The van der Waals surface area contributed by atoms with Crippen molar-refractivity contribution in [1.82, 2.24) is 10.2 Å². The summed E-state index contributed by atoms with van der Waals surface area (Å²) in [4.78, 5) is 4.96. The number of hydrogen-bond acceptors (Lipinski definition) is 5. The summed E-state index contributed by atoms with van der Waals surface area (Å²) in [5.41, 5.74) is 5.60. The van der Waals surface area contributed by atoms with Gasteiger partial charge in [0.05, 0.1) is 0 Å². The summed E-state index contributed by atoms with van der Waals surface area (Å²) in [6.45, 7) is 9.79. The minimum absolute atomic E-state index is 0.360. The zero-order valence-corrected chi connectivity index (χ0v) is 20.6. The second kappa shape index (κ2) is 11.2. The van der Waals surface area contributed by atoms with Crippen molar-refractivity contribution in [3.05, 3.63) is 95.6 Å². The summed E-state index contributed by atoms with van der Waals surface area (Å²) in [6, 6.07) is 16.9. The van der Waals surface area contributed by atoms with Crippen LogP contribution in [0.25, 0.3) is 5.57 Å². The van der Waals surface area contributed by atoms with E-state index in [0.717, 1.165) is 38.3 Å². The zero-order valence-electron chi connectivity index (χ0n) is 20.6. The van der Waals surface area contributed by atoms with Gasteiger partial charge in [-0.2, -0.15) is 0 Å². The van der Waals surface area contributed by atoms with E-state index in [-0.39, 0.29) is 5.60 Å². The molecule has 5 nitrogen and oxygen atoms in total. The van der Waals surface area contributed by atoms with Gasteiger partial charge in [0.15, 0.2) is 0 Å². The normalized spacial score (nSPS) is 21.9. The predicted molar refractivity (Wildman–Crippen MR) is 141 cm³/mol. The molecule has 2 aromatic carbocycles. The van der Waals surface area contributed by atoms with E-state index >= 15 is 0 Å². The average Bonchev–Trinajstić information content (AvgIpc) is 3.06. The third kappa shape index (κ3) is 5.86. The standard InChI is InChI=1S/C29H37N3O2/c1-4-34-29(2)16-7-9-23(15-17-29)27-10-6-5-8-25(27)22-31-18-20-32(21-19-31)26-13-11-24(12-14-26)28(33)30-3/h5-17,28,30,33H,4,18-22H2,1-3H3.